The number of primary amides is 1. The zero-order valence-electron chi connectivity index (χ0n) is 15.4. The van der Waals surface area contributed by atoms with Gasteiger partial charge in [0, 0.05) is 18.7 Å². The molecule has 3 rings (SSSR count). The monoisotopic (exact) mass is 350 g/mol. The highest BCUT2D eigenvalue weighted by molar-refractivity contribution is 5.96. The summed E-state index contributed by atoms with van der Waals surface area (Å²) in [6, 6.07) is 16.1. The Morgan fingerprint density at radius 1 is 1.12 bits per heavy atom. The maximum absolute atomic E-state index is 12.9. The number of nitrogens with two attached hydrogens (primary N) is 1. The topological polar surface area (TPSA) is 63.4 Å². The van der Waals surface area contributed by atoms with Crippen LogP contribution in [-0.2, 0) is 4.79 Å². The number of benzene rings is 2. The van der Waals surface area contributed by atoms with Crippen molar-refractivity contribution < 1.29 is 9.59 Å². The SMILES string of the molecule is CC(C)c1ccccc1-c1cccc(C(=O)N2CCCC(C(N)=O)C2)c1. The Kier molecular flexibility index (Phi) is 5.40. The van der Waals surface area contributed by atoms with Crippen molar-refractivity contribution in [2.75, 3.05) is 13.1 Å². The summed E-state index contributed by atoms with van der Waals surface area (Å²) in [7, 11) is 0. The van der Waals surface area contributed by atoms with E-state index in [0.29, 0.717) is 24.6 Å². The van der Waals surface area contributed by atoms with Crippen molar-refractivity contribution >= 4 is 11.8 Å². The second-order valence-corrected chi connectivity index (χ2v) is 7.32. The minimum Gasteiger partial charge on any atom is -0.369 e. The van der Waals surface area contributed by atoms with Gasteiger partial charge >= 0.3 is 0 Å². The van der Waals surface area contributed by atoms with Crippen LogP contribution in [0.4, 0.5) is 0 Å². The summed E-state index contributed by atoms with van der Waals surface area (Å²) in [4.78, 5) is 26.2. The molecule has 0 spiro atoms. The number of nitrogens with zero attached hydrogens (tertiary/aromatic N) is 1. The van der Waals surface area contributed by atoms with Gasteiger partial charge in [-0.1, -0.05) is 50.2 Å². The first-order valence-corrected chi connectivity index (χ1v) is 9.25. The van der Waals surface area contributed by atoms with Crippen LogP contribution in [0, 0.1) is 5.92 Å². The lowest BCUT2D eigenvalue weighted by molar-refractivity contribution is -0.123. The number of hydrogen-bond donors (Lipinski definition) is 1. The number of amides is 2. The van der Waals surface area contributed by atoms with E-state index < -0.39 is 0 Å². The average molecular weight is 350 g/mol. The van der Waals surface area contributed by atoms with Crippen LogP contribution in [0.15, 0.2) is 48.5 Å². The van der Waals surface area contributed by atoms with E-state index >= 15 is 0 Å². The maximum Gasteiger partial charge on any atom is 0.253 e. The van der Waals surface area contributed by atoms with Crippen LogP contribution in [0.1, 0.15) is 48.5 Å². The average Bonchev–Trinajstić information content (AvgIpc) is 2.67. The van der Waals surface area contributed by atoms with Gasteiger partial charge in [0.15, 0.2) is 0 Å². The van der Waals surface area contributed by atoms with Gasteiger partial charge in [0.05, 0.1) is 5.92 Å². The molecule has 26 heavy (non-hydrogen) atoms. The highest BCUT2D eigenvalue weighted by Crippen LogP contribution is 2.30. The van der Waals surface area contributed by atoms with E-state index in [0.717, 1.165) is 24.0 Å². The first-order valence-electron chi connectivity index (χ1n) is 9.25. The molecule has 4 nitrogen and oxygen atoms in total. The molecule has 0 aliphatic carbocycles. The summed E-state index contributed by atoms with van der Waals surface area (Å²) < 4.78 is 0. The summed E-state index contributed by atoms with van der Waals surface area (Å²) in [5, 5.41) is 0. The minimum atomic E-state index is -0.317. The van der Waals surface area contributed by atoms with Gasteiger partial charge in [-0.05, 0) is 47.6 Å². The molecule has 1 unspecified atom stereocenters. The molecule has 0 aromatic heterocycles. The van der Waals surface area contributed by atoms with E-state index in [2.05, 4.69) is 26.0 Å². The molecule has 1 saturated heterocycles. The van der Waals surface area contributed by atoms with Crippen LogP contribution < -0.4 is 5.73 Å². The lowest BCUT2D eigenvalue weighted by atomic mass is 9.91. The summed E-state index contributed by atoms with van der Waals surface area (Å²) in [6.07, 6.45) is 1.58. The third-order valence-electron chi connectivity index (χ3n) is 5.11. The number of piperidine rings is 1. The van der Waals surface area contributed by atoms with E-state index in [-0.39, 0.29) is 17.7 Å². The van der Waals surface area contributed by atoms with Crippen LogP contribution in [0.25, 0.3) is 11.1 Å². The highest BCUT2D eigenvalue weighted by Gasteiger charge is 2.27. The van der Waals surface area contributed by atoms with Crippen molar-refractivity contribution in [1.29, 1.82) is 0 Å². The van der Waals surface area contributed by atoms with Crippen molar-refractivity contribution in [3.63, 3.8) is 0 Å². The van der Waals surface area contributed by atoms with E-state index in [1.54, 1.807) is 4.90 Å². The lowest BCUT2D eigenvalue weighted by Gasteiger charge is -2.31. The molecule has 2 N–H and O–H groups in total. The van der Waals surface area contributed by atoms with E-state index in [1.165, 1.54) is 5.56 Å². The van der Waals surface area contributed by atoms with Crippen molar-refractivity contribution in [3.8, 4) is 11.1 Å². The van der Waals surface area contributed by atoms with Crippen LogP contribution in [-0.4, -0.2) is 29.8 Å². The summed E-state index contributed by atoms with van der Waals surface area (Å²) in [5.74, 6) is -0.177. The molecule has 2 amide bonds. The zero-order valence-corrected chi connectivity index (χ0v) is 15.4. The largest absolute Gasteiger partial charge is 0.369 e. The lowest BCUT2D eigenvalue weighted by Crippen LogP contribution is -2.44. The number of hydrogen-bond acceptors (Lipinski definition) is 2. The molecule has 1 fully saturated rings. The number of likely N-dealkylation sites (tertiary alicyclic amines) is 1. The Morgan fingerprint density at radius 3 is 2.62 bits per heavy atom. The van der Waals surface area contributed by atoms with Gasteiger partial charge in [0.2, 0.25) is 5.91 Å². The first-order chi connectivity index (χ1) is 12.5. The van der Waals surface area contributed by atoms with Crippen LogP contribution >= 0.6 is 0 Å². The summed E-state index contributed by atoms with van der Waals surface area (Å²) in [6.45, 7) is 5.44. The molecule has 1 heterocycles. The van der Waals surface area contributed by atoms with E-state index in [1.807, 2.05) is 36.4 Å². The number of carbonyl (C=O) groups excluding carboxylic acids is 2. The Morgan fingerprint density at radius 2 is 1.88 bits per heavy atom. The smallest absolute Gasteiger partial charge is 0.253 e. The Bertz CT molecular complexity index is 813. The molecule has 2 aromatic carbocycles. The Labute approximate surface area is 155 Å². The fourth-order valence-corrected chi connectivity index (χ4v) is 3.66. The molecule has 1 aliphatic heterocycles. The van der Waals surface area contributed by atoms with Crippen LogP contribution in [0.3, 0.4) is 0 Å². The van der Waals surface area contributed by atoms with E-state index in [9.17, 15) is 9.59 Å². The van der Waals surface area contributed by atoms with Gasteiger partial charge in [0.1, 0.15) is 0 Å². The molecule has 1 atom stereocenters. The standard InChI is InChI=1S/C22H26N2O2/c1-15(2)19-10-3-4-11-20(19)16-7-5-8-17(13-16)22(26)24-12-6-9-18(14-24)21(23)25/h3-5,7-8,10-11,13,15,18H,6,9,12,14H2,1-2H3,(H2,23,25). The molecule has 0 bridgehead atoms. The molecule has 4 heteroatoms. The molecule has 0 radical (unpaired) electrons. The van der Waals surface area contributed by atoms with Gasteiger partial charge in [-0.2, -0.15) is 0 Å². The van der Waals surface area contributed by atoms with Gasteiger partial charge in [-0.25, -0.2) is 0 Å². The summed E-state index contributed by atoms with van der Waals surface area (Å²) in [5.41, 5.74) is 9.57. The fourth-order valence-electron chi connectivity index (χ4n) is 3.66. The predicted octanol–water partition coefficient (Wildman–Crippen LogP) is 3.81. The maximum atomic E-state index is 12.9. The molecule has 1 aliphatic rings. The first kappa shape index (κ1) is 18.2. The number of rotatable bonds is 4. The van der Waals surface area contributed by atoms with E-state index in [4.69, 9.17) is 5.73 Å². The quantitative estimate of drug-likeness (QED) is 0.911. The van der Waals surface area contributed by atoms with Gasteiger partial charge in [0.25, 0.3) is 5.91 Å². The van der Waals surface area contributed by atoms with Crippen molar-refractivity contribution in [2.24, 2.45) is 11.7 Å². The molecular weight excluding hydrogens is 324 g/mol. The summed E-state index contributed by atoms with van der Waals surface area (Å²) >= 11 is 0. The Balaban J connectivity index is 1.88. The third-order valence-corrected chi connectivity index (χ3v) is 5.11. The zero-order chi connectivity index (χ0) is 18.7. The van der Waals surface area contributed by atoms with Crippen molar-refractivity contribution in [3.05, 3.63) is 59.7 Å². The van der Waals surface area contributed by atoms with Crippen LogP contribution in [0.2, 0.25) is 0 Å². The normalized spacial score (nSPS) is 17.3. The molecular formula is C22H26N2O2. The Hall–Kier alpha value is -2.62. The predicted molar refractivity (Wildman–Crippen MR) is 104 cm³/mol. The second kappa shape index (κ2) is 7.73. The molecule has 136 valence electrons. The van der Waals surface area contributed by atoms with Crippen molar-refractivity contribution in [2.45, 2.75) is 32.6 Å². The second-order valence-electron chi connectivity index (χ2n) is 7.32. The van der Waals surface area contributed by atoms with Crippen molar-refractivity contribution in [1.82, 2.24) is 4.90 Å². The highest BCUT2D eigenvalue weighted by atomic mass is 16.2. The van der Waals surface area contributed by atoms with Crippen LogP contribution in [0.5, 0.6) is 0 Å². The van der Waals surface area contributed by atoms with Gasteiger partial charge < -0.3 is 10.6 Å². The third kappa shape index (κ3) is 3.79. The molecule has 2 aromatic rings. The molecule has 0 saturated carbocycles. The fraction of sp³-hybridized carbons (Fsp3) is 0.364. The van der Waals surface area contributed by atoms with Gasteiger partial charge in [-0.3, -0.25) is 9.59 Å². The minimum absolute atomic E-state index is 0.0279. The van der Waals surface area contributed by atoms with Gasteiger partial charge in [-0.15, -0.1) is 0 Å². The number of carbonyl (C=O) groups is 2.